The second kappa shape index (κ2) is 5.70. The largest absolute Gasteiger partial charge is 0.253 e. The van der Waals surface area contributed by atoms with E-state index in [1.54, 1.807) is 0 Å². The molecule has 1 nitrogen and oxygen atoms in total. The summed E-state index contributed by atoms with van der Waals surface area (Å²) in [6.45, 7) is 9.41. The van der Waals surface area contributed by atoms with Crippen molar-refractivity contribution < 1.29 is 0 Å². The molecule has 0 atom stereocenters. The number of nitrogens with zero attached hydrogens (tertiary/aromatic N) is 1. The van der Waals surface area contributed by atoms with Crippen LogP contribution in [-0.4, -0.2) is 13.1 Å². The van der Waals surface area contributed by atoms with E-state index in [1.165, 1.54) is 16.4 Å². The first-order valence-corrected chi connectivity index (χ1v) is 10.6. The van der Waals surface area contributed by atoms with E-state index in [1.807, 2.05) is 6.07 Å². The number of benzene rings is 1. The third kappa shape index (κ3) is 3.32. The number of rotatable bonds is 4. The molecule has 0 unspecified atom stereocenters. The third-order valence-electron chi connectivity index (χ3n) is 3.34. The fraction of sp³-hybridized carbons (Fsp3) is 0.353. The first-order valence-electron chi connectivity index (χ1n) is 7.08. The Kier molecular flexibility index (Phi) is 4.20. The van der Waals surface area contributed by atoms with Crippen molar-refractivity contribution in [1.82, 2.24) is 4.98 Å². The molecule has 0 fully saturated rings. The minimum Gasteiger partial charge on any atom is -0.253 e. The number of pyridine rings is 1. The molecule has 0 saturated heterocycles. The summed E-state index contributed by atoms with van der Waals surface area (Å²) in [5, 5.41) is 1.51. The van der Waals surface area contributed by atoms with Gasteiger partial charge in [0.2, 0.25) is 0 Å². The van der Waals surface area contributed by atoms with E-state index < -0.39 is 8.07 Å². The molecule has 1 heterocycles. The normalized spacial score (nSPS) is 11.6. The van der Waals surface area contributed by atoms with E-state index >= 15 is 0 Å². The highest BCUT2D eigenvalue weighted by Crippen LogP contribution is 2.18. The van der Waals surface area contributed by atoms with Crippen LogP contribution in [-0.2, 0) is 6.42 Å². The van der Waals surface area contributed by atoms with Gasteiger partial charge in [0.25, 0.3) is 0 Å². The Morgan fingerprint density at radius 3 is 2.21 bits per heavy atom. The van der Waals surface area contributed by atoms with Gasteiger partial charge >= 0.3 is 0 Å². The van der Waals surface area contributed by atoms with E-state index in [4.69, 9.17) is 4.98 Å². The zero-order valence-corrected chi connectivity index (χ0v) is 13.4. The van der Waals surface area contributed by atoms with Crippen LogP contribution >= 0.6 is 0 Å². The molecule has 0 radical (unpaired) electrons. The van der Waals surface area contributed by atoms with Crippen LogP contribution in [0.2, 0.25) is 19.6 Å². The first-order chi connectivity index (χ1) is 9.02. The van der Waals surface area contributed by atoms with Crippen molar-refractivity contribution in [2.75, 3.05) is 0 Å². The Hall–Kier alpha value is -1.41. The molecule has 2 aromatic rings. The quantitative estimate of drug-likeness (QED) is 0.756. The van der Waals surface area contributed by atoms with Gasteiger partial charge in [-0.25, -0.2) is 0 Å². The molecule has 0 spiro atoms. The van der Waals surface area contributed by atoms with Gasteiger partial charge in [0.05, 0.1) is 13.8 Å². The molecule has 0 amide bonds. The summed E-state index contributed by atoms with van der Waals surface area (Å²) in [4.78, 5) is 4.93. The summed E-state index contributed by atoms with van der Waals surface area (Å²) >= 11 is 0. The predicted octanol–water partition coefficient (Wildman–Crippen LogP) is 4.25. The van der Waals surface area contributed by atoms with Crippen molar-refractivity contribution in [3.8, 4) is 11.3 Å². The Labute approximate surface area is 117 Å². The van der Waals surface area contributed by atoms with E-state index in [0.29, 0.717) is 0 Å². The Morgan fingerprint density at radius 1 is 0.947 bits per heavy atom. The maximum absolute atomic E-state index is 4.93. The Balaban J connectivity index is 2.48. The Bertz CT molecular complexity index is 541. The highest BCUT2D eigenvalue weighted by Gasteiger charge is 2.21. The van der Waals surface area contributed by atoms with Gasteiger partial charge in [0, 0.05) is 11.3 Å². The fourth-order valence-electron chi connectivity index (χ4n) is 2.38. The van der Waals surface area contributed by atoms with Gasteiger partial charge in [0.1, 0.15) is 0 Å². The van der Waals surface area contributed by atoms with Crippen molar-refractivity contribution in [2.24, 2.45) is 0 Å². The van der Waals surface area contributed by atoms with E-state index in [9.17, 15) is 0 Å². The van der Waals surface area contributed by atoms with Gasteiger partial charge in [0.15, 0.2) is 0 Å². The highest BCUT2D eigenvalue weighted by molar-refractivity contribution is 6.89. The third-order valence-corrected chi connectivity index (χ3v) is 5.41. The summed E-state index contributed by atoms with van der Waals surface area (Å²) in [5.74, 6) is 0. The molecule has 0 aliphatic rings. The number of aromatic nitrogens is 1. The summed E-state index contributed by atoms with van der Waals surface area (Å²) in [6, 6.07) is 15.0. The van der Waals surface area contributed by atoms with E-state index in [2.05, 4.69) is 63.0 Å². The average Bonchev–Trinajstić information content (AvgIpc) is 2.39. The zero-order valence-electron chi connectivity index (χ0n) is 12.4. The van der Waals surface area contributed by atoms with Gasteiger partial charge in [-0.1, -0.05) is 69.4 Å². The first kappa shape index (κ1) is 14.0. The van der Waals surface area contributed by atoms with Gasteiger partial charge in [-0.2, -0.15) is 0 Å². The van der Waals surface area contributed by atoms with Crippen LogP contribution in [0.15, 0.2) is 42.5 Å². The van der Waals surface area contributed by atoms with Gasteiger partial charge in [-0.3, -0.25) is 4.98 Å². The van der Waals surface area contributed by atoms with Crippen LogP contribution in [0.25, 0.3) is 11.3 Å². The van der Waals surface area contributed by atoms with Crippen LogP contribution in [0, 0.1) is 0 Å². The second-order valence-electron chi connectivity index (χ2n) is 6.06. The van der Waals surface area contributed by atoms with Gasteiger partial charge in [-0.15, -0.1) is 0 Å². The van der Waals surface area contributed by atoms with Crippen LogP contribution < -0.4 is 5.19 Å². The molecule has 100 valence electrons. The lowest BCUT2D eigenvalue weighted by Crippen LogP contribution is -2.40. The van der Waals surface area contributed by atoms with Crippen molar-refractivity contribution in [2.45, 2.75) is 39.4 Å². The zero-order chi connectivity index (χ0) is 13.9. The van der Waals surface area contributed by atoms with Crippen LogP contribution in [0.5, 0.6) is 0 Å². The van der Waals surface area contributed by atoms with E-state index in [-0.39, 0.29) is 0 Å². The molecule has 1 aromatic heterocycles. The minimum absolute atomic E-state index is 1.08. The number of aryl methyl sites for hydroxylation is 1. The topological polar surface area (TPSA) is 12.9 Å². The highest BCUT2D eigenvalue weighted by atomic mass is 28.3. The van der Waals surface area contributed by atoms with Crippen molar-refractivity contribution in [1.29, 1.82) is 0 Å². The molecule has 0 saturated carbocycles. The van der Waals surface area contributed by atoms with Gasteiger partial charge < -0.3 is 0 Å². The van der Waals surface area contributed by atoms with Crippen molar-refractivity contribution >= 4 is 13.3 Å². The van der Waals surface area contributed by atoms with Crippen molar-refractivity contribution in [3.05, 3.63) is 48.2 Å². The lowest BCUT2D eigenvalue weighted by Gasteiger charge is -2.21. The standard InChI is InChI=1S/C17H23NSi/c1-5-9-16-17(19(2,3)4)13-12-15(18-16)14-10-7-6-8-11-14/h6-8,10-13H,5,9H2,1-4H3. The minimum atomic E-state index is -1.30. The molecular weight excluding hydrogens is 246 g/mol. The van der Waals surface area contributed by atoms with E-state index in [0.717, 1.165) is 18.5 Å². The van der Waals surface area contributed by atoms with Crippen molar-refractivity contribution in [3.63, 3.8) is 0 Å². The molecule has 0 N–H and O–H groups in total. The smallest absolute Gasteiger partial charge is 0.0799 e. The lowest BCUT2D eigenvalue weighted by atomic mass is 10.1. The summed E-state index contributed by atoms with van der Waals surface area (Å²) < 4.78 is 0. The van der Waals surface area contributed by atoms with Crippen LogP contribution in [0.4, 0.5) is 0 Å². The molecule has 2 rings (SSSR count). The molecule has 1 aromatic carbocycles. The number of hydrogen-bond acceptors (Lipinski definition) is 1. The molecule has 2 heteroatoms. The van der Waals surface area contributed by atoms with Crippen LogP contribution in [0.3, 0.4) is 0 Å². The second-order valence-corrected chi connectivity index (χ2v) is 11.1. The number of hydrogen-bond donors (Lipinski definition) is 0. The molecule has 0 aliphatic heterocycles. The summed E-state index contributed by atoms with van der Waals surface area (Å²) in [7, 11) is -1.30. The van der Waals surface area contributed by atoms with Crippen LogP contribution in [0.1, 0.15) is 19.0 Å². The SMILES string of the molecule is CCCc1nc(-c2ccccc2)ccc1[Si](C)(C)C. The van der Waals surface area contributed by atoms with Gasteiger partial charge in [-0.05, 0) is 17.7 Å². The summed E-state index contributed by atoms with van der Waals surface area (Å²) in [5.41, 5.74) is 3.62. The average molecular weight is 269 g/mol. The maximum Gasteiger partial charge on any atom is 0.0799 e. The monoisotopic (exact) mass is 269 g/mol. The molecular formula is C17H23NSi. The molecule has 0 aliphatic carbocycles. The fourth-order valence-corrected chi connectivity index (χ4v) is 4.01. The summed E-state index contributed by atoms with van der Waals surface area (Å²) in [6.07, 6.45) is 2.24. The maximum atomic E-state index is 4.93. The lowest BCUT2D eigenvalue weighted by molar-refractivity contribution is 0.890. The molecule has 0 bridgehead atoms. The predicted molar refractivity (Wildman–Crippen MR) is 86.6 cm³/mol. The Morgan fingerprint density at radius 2 is 1.63 bits per heavy atom. The molecule has 19 heavy (non-hydrogen) atoms.